The first-order valence-corrected chi connectivity index (χ1v) is 8.76. The highest BCUT2D eigenvalue weighted by Crippen LogP contribution is 2.29. The Hall–Kier alpha value is -0.860. The number of rotatable bonds is 7. The van der Waals surface area contributed by atoms with Crippen LogP contribution in [0.1, 0.15) is 58.1 Å². The molecule has 1 aliphatic heterocycles. The highest BCUT2D eigenvalue weighted by Gasteiger charge is 2.31. The Morgan fingerprint density at radius 2 is 1.71 bits per heavy atom. The fraction of sp³-hybridized carbons (Fsp3) is 0.684. The van der Waals surface area contributed by atoms with E-state index >= 15 is 0 Å². The number of benzene rings is 1. The molecule has 0 spiro atoms. The fourth-order valence-electron chi connectivity index (χ4n) is 3.63. The molecule has 0 bridgehead atoms. The van der Waals surface area contributed by atoms with Crippen molar-refractivity contribution >= 4 is 0 Å². The lowest BCUT2D eigenvalue weighted by Crippen LogP contribution is -2.49. The van der Waals surface area contributed by atoms with Crippen molar-refractivity contribution < 1.29 is 0 Å². The third kappa shape index (κ3) is 4.55. The molecular formula is C19H32N2. The molecule has 118 valence electrons. The van der Waals surface area contributed by atoms with Crippen LogP contribution in [0.4, 0.5) is 0 Å². The second kappa shape index (κ2) is 8.55. The summed E-state index contributed by atoms with van der Waals surface area (Å²) in [5.74, 6) is 0.665. The maximum absolute atomic E-state index is 3.82. The Morgan fingerprint density at radius 1 is 1.05 bits per heavy atom. The SMILES string of the molecule is CCCNC(c1ccccc1)C(C(C)C)N1CCCCC1. The quantitative estimate of drug-likeness (QED) is 0.807. The summed E-state index contributed by atoms with van der Waals surface area (Å²) < 4.78 is 0. The van der Waals surface area contributed by atoms with Gasteiger partial charge in [-0.1, -0.05) is 57.5 Å². The maximum Gasteiger partial charge on any atom is 0.0480 e. The monoisotopic (exact) mass is 288 g/mol. The molecule has 2 nitrogen and oxygen atoms in total. The molecule has 0 amide bonds. The van der Waals surface area contributed by atoms with E-state index in [1.165, 1.54) is 44.3 Å². The van der Waals surface area contributed by atoms with Crippen molar-refractivity contribution in [2.45, 2.75) is 58.5 Å². The van der Waals surface area contributed by atoms with Crippen LogP contribution in [0.15, 0.2) is 30.3 Å². The summed E-state index contributed by atoms with van der Waals surface area (Å²) in [6.07, 6.45) is 5.31. The molecule has 0 aromatic heterocycles. The smallest absolute Gasteiger partial charge is 0.0480 e. The van der Waals surface area contributed by atoms with E-state index < -0.39 is 0 Å². The number of nitrogens with one attached hydrogen (secondary N) is 1. The molecule has 21 heavy (non-hydrogen) atoms. The van der Waals surface area contributed by atoms with Crippen molar-refractivity contribution in [3.05, 3.63) is 35.9 Å². The predicted octanol–water partition coefficient (Wildman–Crippen LogP) is 4.24. The van der Waals surface area contributed by atoms with Crippen molar-refractivity contribution in [3.63, 3.8) is 0 Å². The lowest BCUT2D eigenvalue weighted by atomic mass is 9.88. The van der Waals surface area contributed by atoms with Crippen molar-refractivity contribution in [2.75, 3.05) is 19.6 Å². The molecule has 0 aliphatic carbocycles. The molecule has 1 aromatic carbocycles. The molecule has 2 unspecified atom stereocenters. The van der Waals surface area contributed by atoms with E-state index in [2.05, 4.69) is 61.3 Å². The Kier molecular flexibility index (Phi) is 6.72. The van der Waals surface area contributed by atoms with Crippen LogP contribution in [-0.4, -0.2) is 30.6 Å². The second-order valence-electron chi connectivity index (χ2n) is 6.67. The summed E-state index contributed by atoms with van der Waals surface area (Å²) in [5, 5.41) is 3.82. The van der Waals surface area contributed by atoms with Crippen LogP contribution in [0, 0.1) is 5.92 Å². The fourth-order valence-corrected chi connectivity index (χ4v) is 3.63. The Morgan fingerprint density at radius 3 is 2.29 bits per heavy atom. The van der Waals surface area contributed by atoms with Gasteiger partial charge in [-0.15, -0.1) is 0 Å². The molecule has 1 fully saturated rings. The van der Waals surface area contributed by atoms with Crippen molar-refractivity contribution in [1.29, 1.82) is 0 Å². The van der Waals surface area contributed by atoms with Gasteiger partial charge >= 0.3 is 0 Å². The van der Waals surface area contributed by atoms with Crippen LogP contribution < -0.4 is 5.32 Å². The average molecular weight is 288 g/mol. The van der Waals surface area contributed by atoms with Gasteiger partial charge in [0.2, 0.25) is 0 Å². The molecule has 0 radical (unpaired) electrons. The van der Waals surface area contributed by atoms with Crippen LogP contribution in [0.5, 0.6) is 0 Å². The summed E-state index contributed by atoms with van der Waals surface area (Å²) in [7, 11) is 0. The van der Waals surface area contributed by atoms with E-state index in [0.717, 1.165) is 6.54 Å². The summed E-state index contributed by atoms with van der Waals surface area (Å²) >= 11 is 0. The van der Waals surface area contributed by atoms with Gasteiger partial charge in [0.15, 0.2) is 0 Å². The number of nitrogens with zero attached hydrogens (tertiary/aromatic N) is 1. The molecular weight excluding hydrogens is 256 g/mol. The number of piperidine rings is 1. The van der Waals surface area contributed by atoms with Crippen LogP contribution in [0.2, 0.25) is 0 Å². The Labute approximate surface area is 130 Å². The predicted molar refractivity (Wildman–Crippen MR) is 91.5 cm³/mol. The Balaban J connectivity index is 2.21. The maximum atomic E-state index is 3.82. The average Bonchev–Trinajstić information content (AvgIpc) is 2.52. The van der Waals surface area contributed by atoms with Gasteiger partial charge in [0.25, 0.3) is 0 Å². The lowest BCUT2D eigenvalue weighted by Gasteiger charge is -2.42. The van der Waals surface area contributed by atoms with E-state index in [1.54, 1.807) is 0 Å². The van der Waals surface area contributed by atoms with Gasteiger partial charge in [-0.05, 0) is 50.4 Å². The van der Waals surface area contributed by atoms with Crippen molar-refractivity contribution in [1.82, 2.24) is 10.2 Å². The van der Waals surface area contributed by atoms with Crippen molar-refractivity contribution in [2.24, 2.45) is 5.92 Å². The van der Waals surface area contributed by atoms with E-state index in [9.17, 15) is 0 Å². The standard InChI is InChI=1S/C19H32N2/c1-4-13-20-18(17-11-7-5-8-12-17)19(16(2)3)21-14-9-6-10-15-21/h5,7-8,11-12,16,18-20H,4,6,9-10,13-15H2,1-3H3. The van der Waals surface area contributed by atoms with E-state index in [0.29, 0.717) is 18.0 Å². The Bertz CT molecular complexity index is 382. The van der Waals surface area contributed by atoms with Gasteiger partial charge in [-0.2, -0.15) is 0 Å². The normalized spacial score (nSPS) is 19.6. The van der Waals surface area contributed by atoms with E-state index in [-0.39, 0.29) is 0 Å². The number of hydrogen-bond donors (Lipinski definition) is 1. The summed E-state index contributed by atoms with van der Waals surface area (Å²) in [5.41, 5.74) is 1.44. The topological polar surface area (TPSA) is 15.3 Å². The minimum Gasteiger partial charge on any atom is -0.309 e. The molecule has 2 rings (SSSR count). The molecule has 1 aromatic rings. The molecule has 1 N–H and O–H groups in total. The summed E-state index contributed by atoms with van der Waals surface area (Å²) in [6, 6.07) is 12.1. The zero-order chi connectivity index (χ0) is 15.1. The number of hydrogen-bond acceptors (Lipinski definition) is 2. The van der Waals surface area contributed by atoms with E-state index in [4.69, 9.17) is 0 Å². The minimum absolute atomic E-state index is 0.448. The zero-order valence-corrected chi connectivity index (χ0v) is 14.0. The first-order valence-electron chi connectivity index (χ1n) is 8.76. The van der Waals surface area contributed by atoms with Crippen LogP contribution in [0.3, 0.4) is 0 Å². The van der Waals surface area contributed by atoms with Gasteiger partial charge in [-0.25, -0.2) is 0 Å². The number of likely N-dealkylation sites (tertiary alicyclic amines) is 1. The molecule has 1 saturated heterocycles. The second-order valence-corrected chi connectivity index (χ2v) is 6.67. The van der Waals surface area contributed by atoms with Gasteiger partial charge in [0.1, 0.15) is 0 Å². The van der Waals surface area contributed by atoms with Crippen LogP contribution >= 0.6 is 0 Å². The zero-order valence-electron chi connectivity index (χ0n) is 14.0. The van der Waals surface area contributed by atoms with Gasteiger partial charge in [0, 0.05) is 12.1 Å². The lowest BCUT2D eigenvalue weighted by molar-refractivity contribution is 0.0956. The van der Waals surface area contributed by atoms with Crippen LogP contribution in [-0.2, 0) is 0 Å². The first-order chi connectivity index (χ1) is 10.2. The highest BCUT2D eigenvalue weighted by molar-refractivity contribution is 5.21. The van der Waals surface area contributed by atoms with Gasteiger partial charge < -0.3 is 5.32 Å². The van der Waals surface area contributed by atoms with Gasteiger partial charge in [-0.3, -0.25) is 4.90 Å². The molecule has 0 saturated carbocycles. The summed E-state index contributed by atoms with van der Waals surface area (Å²) in [6.45, 7) is 10.6. The molecule has 1 heterocycles. The third-order valence-electron chi connectivity index (χ3n) is 4.61. The summed E-state index contributed by atoms with van der Waals surface area (Å²) in [4.78, 5) is 2.73. The van der Waals surface area contributed by atoms with Crippen LogP contribution in [0.25, 0.3) is 0 Å². The highest BCUT2D eigenvalue weighted by atomic mass is 15.2. The van der Waals surface area contributed by atoms with E-state index in [1.807, 2.05) is 0 Å². The largest absolute Gasteiger partial charge is 0.309 e. The minimum atomic E-state index is 0.448. The van der Waals surface area contributed by atoms with Crippen molar-refractivity contribution in [3.8, 4) is 0 Å². The first kappa shape index (κ1) is 16.5. The molecule has 1 aliphatic rings. The third-order valence-corrected chi connectivity index (χ3v) is 4.61. The van der Waals surface area contributed by atoms with Gasteiger partial charge in [0.05, 0.1) is 0 Å². The molecule has 2 atom stereocenters. The molecule has 2 heteroatoms.